The maximum absolute atomic E-state index is 9.36. The largest absolute Gasteiger partial charge is 0.388 e. The molecule has 3 nitrogen and oxygen atoms in total. The lowest BCUT2D eigenvalue weighted by molar-refractivity contribution is -0.0127. The zero-order chi connectivity index (χ0) is 11.4. The molecule has 0 saturated carbocycles. The maximum Gasteiger partial charge on any atom is 0.107 e. The van der Waals surface area contributed by atoms with Gasteiger partial charge in [-0.1, -0.05) is 32.1 Å². The number of hydrogen-bond acceptors (Lipinski definition) is 3. The summed E-state index contributed by atoms with van der Waals surface area (Å²) in [5, 5.41) is 9.36. The highest BCUT2D eigenvalue weighted by Gasteiger charge is 2.03. The minimum Gasteiger partial charge on any atom is -0.388 e. The van der Waals surface area contributed by atoms with Gasteiger partial charge in [0.2, 0.25) is 0 Å². The topological polar surface area (TPSA) is 38.7 Å². The minimum atomic E-state index is -0.565. The van der Waals surface area contributed by atoms with Crippen molar-refractivity contribution in [2.75, 3.05) is 26.4 Å². The molecule has 0 rings (SSSR count). The van der Waals surface area contributed by atoms with Crippen LogP contribution in [0.5, 0.6) is 0 Å². The zero-order valence-corrected chi connectivity index (χ0v) is 9.58. The molecule has 0 radical (unpaired) electrons. The van der Waals surface area contributed by atoms with E-state index in [9.17, 15) is 5.11 Å². The number of terminal acetylenes is 1. The molecule has 0 amide bonds. The van der Waals surface area contributed by atoms with Crippen molar-refractivity contribution >= 4 is 0 Å². The third-order valence-electron chi connectivity index (χ3n) is 1.95. The molecule has 0 aromatic heterocycles. The molecule has 0 aliphatic heterocycles. The molecule has 0 saturated heterocycles. The van der Waals surface area contributed by atoms with Gasteiger partial charge in [-0.15, -0.1) is 6.42 Å². The van der Waals surface area contributed by atoms with Crippen molar-refractivity contribution in [2.45, 2.75) is 38.7 Å². The number of aliphatic hydroxyl groups excluding tert-OH is 1. The third kappa shape index (κ3) is 11.4. The maximum atomic E-state index is 9.36. The molecule has 0 bridgehead atoms. The molecule has 0 heterocycles. The summed E-state index contributed by atoms with van der Waals surface area (Å²) in [7, 11) is 0. The van der Waals surface area contributed by atoms with Crippen LogP contribution in [0.3, 0.4) is 0 Å². The molecule has 0 aromatic rings. The molecule has 1 unspecified atom stereocenters. The second-order valence-corrected chi connectivity index (χ2v) is 3.51. The van der Waals surface area contributed by atoms with E-state index in [0.717, 1.165) is 6.42 Å². The Balaban J connectivity index is 3.10. The van der Waals surface area contributed by atoms with E-state index in [4.69, 9.17) is 15.9 Å². The Morgan fingerprint density at radius 1 is 1.20 bits per heavy atom. The average Bonchev–Trinajstić information content (AvgIpc) is 2.23. The van der Waals surface area contributed by atoms with Gasteiger partial charge in [-0.3, -0.25) is 0 Å². The van der Waals surface area contributed by atoms with Crippen molar-refractivity contribution in [1.82, 2.24) is 0 Å². The normalized spacial score (nSPS) is 12.3. The van der Waals surface area contributed by atoms with E-state index in [0.29, 0.717) is 13.2 Å². The van der Waals surface area contributed by atoms with E-state index < -0.39 is 6.10 Å². The van der Waals surface area contributed by atoms with Gasteiger partial charge in [0.1, 0.15) is 12.7 Å². The molecule has 1 N–H and O–H groups in total. The Labute approximate surface area is 92.8 Å². The molecule has 0 spiro atoms. The highest BCUT2D eigenvalue weighted by atomic mass is 16.5. The molecular formula is C12H22O3. The SMILES string of the molecule is C#CCOCC(O)COCCCCCC. The summed E-state index contributed by atoms with van der Waals surface area (Å²) in [4.78, 5) is 0. The summed E-state index contributed by atoms with van der Waals surface area (Å²) in [6.45, 7) is 3.71. The fourth-order valence-electron chi connectivity index (χ4n) is 1.15. The smallest absolute Gasteiger partial charge is 0.107 e. The van der Waals surface area contributed by atoms with Crippen molar-refractivity contribution in [1.29, 1.82) is 0 Å². The summed E-state index contributed by atoms with van der Waals surface area (Å²) in [6, 6.07) is 0. The van der Waals surface area contributed by atoms with Crippen LogP contribution in [0.2, 0.25) is 0 Å². The first-order valence-corrected chi connectivity index (χ1v) is 5.58. The standard InChI is InChI=1S/C12H22O3/c1-3-5-6-7-9-15-11-12(13)10-14-8-4-2/h2,12-13H,3,5-11H2,1H3. The molecule has 0 fully saturated rings. The van der Waals surface area contributed by atoms with Gasteiger partial charge in [-0.25, -0.2) is 0 Å². The Kier molecular flexibility index (Phi) is 11.1. The first kappa shape index (κ1) is 14.4. The predicted molar refractivity (Wildman–Crippen MR) is 60.6 cm³/mol. The minimum absolute atomic E-state index is 0.244. The Bertz CT molecular complexity index is 163. The third-order valence-corrected chi connectivity index (χ3v) is 1.95. The van der Waals surface area contributed by atoms with E-state index >= 15 is 0 Å². The van der Waals surface area contributed by atoms with Gasteiger partial charge in [-0.05, 0) is 6.42 Å². The van der Waals surface area contributed by atoms with E-state index in [1.807, 2.05) is 0 Å². The van der Waals surface area contributed by atoms with Crippen molar-refractivity contribution in [3.8, 4) is 12.3 Å². The van der Waals surface area contributed by atoms with Gasteiger partial charge in [0, 0.05) is 6.61 Å². The Hall–Kier alpha value is -0.560. The van der Waals surface area contributed by atoms with E-state index in [1.54, 1.807) is 0 Å². The second-order valence-electron chi connectivity index (χ2n) is 3.51. The van der Waals surface area contributed by atoms with Crippen LogP contribution >= 0.6 is 0 Å². The fraction of sp³-hybridized carbons (Fsp3) is 0.833. The predicted octanol–water partition coefficient (Wildman–Crippen LogP) is 1.59. The van der Waals surface area contributed by atoms with Crippen molar-refractivity contribution in [3.05, 3.63) is 0 Å². The lowest BCUT2D eigenvalue weighted by Crippen LogP contribution is -2.22. The van der Waals surface area contributed by atoms with Gasteiger partial charge in [0.05, 0.1) is 13.2 Å². The van der Waals surface area contributed by atoms with Gasteiger partial charge >= 0.3 is 0 Å². The van der Waals surface area contributed by atoms with Crippen LogP contribution < -0.4 is 0 Å². The van der Waals surface area contributed by atoms with Crippen LogP contribution in [0.1, 0.15) is 32.6 Å². The Morgan fingerprint density at radius 2 is 1.93 bits per heavy atom. The molecule has 88 valence electrons. The van der Waals surface area contributed by atoms with Crippen LogP contribution in [0.15, 0.2) is 0 Å². The quantitative estimate of drug-likeness (QED) is 0.443. The lowest BCUT2D eigenvalue weighted by atomic mass is 10.2. The van der Waals surface area contributed by atoms with Gasteiger partial charge in [0.25, 0.3) is 0 Å². The summed E-state index contributed by atoms with van der Waals surface area (Å²) in [5.74, 6) is 2.34. The molecule has 15 heavy (non-hydrogen) atoms. The summed E-state index contributed by atoms with van der Waals surface area (Å²) in [5.41, 5.74) is 0. The van der Waals surface area contributed by atoms with Gasteiger partial charge in [0.15, 0.2) is 0 Å². The molecule has 0 aliphatic rings. The van der Waals surface area contributed by atoms with Crippen molar-refractivity contribution in [2.24, 2.45) is 0 Å². The van der Waals surface area contributed by atoms with Crippen molar-refractivity contribution in [3.63, 3.8) is 0 Å². The molecule has 3 heteroatoms. The Morgan fingerprint density at radius 3 is 2.60 bits per heavy atom. The number of ether oxygens (including phenoxy) is 2. The van der Waals surface area contributed by atoms with Crippen LogP contribution in [0.25, 0.3) is 0 Å². The van der Waals surface area contributed by atoms with Gasteiger partial charge in [-0.2, -0.15) is 0 Å². The van der Waals surface area contributed by atoms with Crippen LogP contribution in [-0.2, 0) is 9.47 Å². The van der Waals surface area contributed by atoms with E-state index in [-0.39, 0.29) is 13.2 Å². The van der Waals surface area contributed by atoms with Crippen LogP contribution in [-0.4, -0.2) is 37.6 Å². The highest BCUT2D eigenvalue weighted by molar-refractivity contribution is 4.82. The average molecular weight is 214 g/mol. The summed E-state index contributed by atoms with van der Waals surface area (Å²) in [6.07, 6.45) is 9.16. The fourth-order valence-corrected chi connectivity index (χ4v) is 1.15. The lowest BCUT2D eigenvalue weighted by Gasteiger charge is -2.10. The molecule has 0 aliphatic carbocycles. The van der Waals surface area contributed by atoms with Gasteiger partial charge < -0.3 is 14.6 Å². The van der Waals surface area contributed by atoms with E-state index in [2.05, 4.69) is 12.8 Å². The van der Waals surface area contributed by atoms with Crippen molar-refractivity contribution < 1.29 is 14.6 Å². The monoisotopic (exact) mass is 214 g/mol. The van der Waals surface area contributed by atoms with E-state index in [1.165, 1.54) is 19.3 Å². The highest BCUT2D eigenvalue weighted by Crippen LogP contribution is 1.99. The number of hydrogen-bond donors (Lipinski definition) is 1. The number of aliphatic hydroxyl groups is 1. The molecule has 0 aromatic carbocycles. The first-order valence-electron chi connectivity index (χ1n) is 5.58. The molecular weight excluding hydrogens is 192 g/mol. The first-order chi connectivity index (χ1) is 7.31. The second kappa shape index (κ2) is 11.5. The van der Waals surface area contributed by atoms with Crippen LogP contribution in [0, 0.1) is 12.3 Å². The summed E-state index contributed by atoms with van der Waals surface area (Å²) >= 11 is 0. The zero-order valence-electron chi connectivity index (χ0n) is 9.58. The number of rotatable bonds is 10. The van der Waals surface area contributed by atoms with Crippen LogP contribution in [0.4, 0.5) is 0 Å². The number of unbranched alkanes of at least 4 members (excludes halogenated alkanes) is 3. The summed E-state index contributed by atoms with van der Waals surface area (Å²) < 4.78 is 10.3. The molecule has 1 atom stereocenters.